The van der Waals surface area contributed by atoms with Crippen LogP contribution < -0.4 is 9.64 Å². The van der Waals surface area contributed by atoms with Crippen molar-refractivity contribution in [2.75, 3.05) is 37.7 Å². The minimum atomic E-state index is -0.205. The summed E-state index contributed by atoms with van der Waals surface area (Å²) in [6, 6.07) is 15.3. The molecule has 3 heterocycles. The van der Waals surface area contributed by atoms with Gasteiger partial charge in [0.05, 0.1) is 18.0 Å². The van der Waals surface area contributed by atoms with Crippen LogP contribution in [0.15, 0.2) is 48.5 Å². The molecule has 2 saturated heterocycles. The Bertz CT molecular complexity index is 1330. The van der Waals surface area contributed by atoms with Gasteiger partial charge < -0.3 is 9.64 Å². The normalized spacial score (nSPS) is 18.7. The van der Waals surface area contributed by atoms with Crippen molar-refractivity contribution in [3.8, 4) is 16.9 Å². The average Bonchev–Trinajstić information content (AvgIpc) is 2.95. The second-order valence-electron chi connectivity index (χ2n) is 14.0. The Hall–Kier alpha value is -2.92. The van der Waals surface area contributed by atoms with Gasteiger partial charge in [0.1, 0.15) is 11.6 Å². The largest absolute Gasteiger partial charge is 0.493 e. The Morgan fingerprint density at radius 2 is 1.43 bits per heavy atom. The van der Waals surface area contributed by atoms with Crippen LogP contribution in [-0.2, 0) is 19.4 Å². The third-order valence-electron chi connectivity index (χ3n) is 9.64. The second-order valence-corrected chi connectivity index (χ2v) is 14.0. The molecule has 2 fully saturated rings. The van der Waals surface area contributed by atoms with Crippen LogP contribution in [0, 0.1) is 23.6 Å². The Labute approximate surface area is 253 Å². The summed E-state index contributed by atoms with van der Waals surface area (Å²) in [5.74, 6) is 0.654. The minimum absolute atomic E-state index is 0.205. The predicted molar refractivity (Wildman–Crippen MR) is 173 cm³/mol. The van der Waals surface area contributed by atoms with Crippen LogP contribution in [0.4, 0.5) is 10.1 Å². The van der Waals surface area contributed by atoms with Crippen LogP contribution in [0.3, 0.4) is 0 Å². The molecule has 4 nitrogen and oxygen atoms in total. The van der Waals surface area contributed by atoms with Crippen LogP contribution in [0.5, 0.6) is 5.75 Å². The fourth-order valence-electron chi connectivity index (χ4n) is 6.49. The number of ether oxygens (including phenoxy) is 1. The average molecular weight is 572 g/mol. The fourth-order valence-corrected chi connectivity index (χ4v) is 6.49. The minimum Gasteiger partial charge on any atom is -0.493 e. The molecule has 226 valence electrons. The standard InChI is InChI=1S/C37H50FN3O/c1-7-32-27(2)39-33(26-40-21-17-36(3,4)18-22-40)34(35(32)41-23-19-37(5,6)20-24-41)29-10-14-31(15-11-29)42-25-16-28-8-12-30(38)13-9-28/h8-15H,7,16-26H2,1-6H3. The molecule has 0 bridgehead atoms. The van der Waals surface area contributed by atoms with E-state index in [1.165, 1.54) is 71.6 Å². The number of aromatic nitrogens is 1. The molecule has 5 heteroatoms. The highest BCUT2D eigenvalue weighted by molar-refractivity contribution is 5.84. The molecule has 0 amide bonds. The van der Waals surface area contributed by atoms with E-state index in [4.69, 9.17) is 9.72 Å². The number of hydrogen-bond acceptors (Lipinski definition) is 4. The number of pyridine rings is 1. The van der Waals surface area contributed by atoms with Crippen molar-refractivity contribution in [2.45, 2.75) is 86.6 Å². The highest BCUT2D eigenvalue weighted by Gasteiger charge is 2.31. The first kappa shape index (κ1) is 30.5. The smallest absolute Gasteiger partial charge is 0.123 e. The highest BCUT2D eigenvalue weighted by Crippen LogP contribution is 2.43. The topological polar surface area (TPSA) is 28.6 Å². The fraction of sp³-hybridized carbons (Fsp3) is 0.541. The molecule has 2 aliphatic heterocycles. The molecule has 0 spiro atoms. The van der Waals surface area contributed by atoms with Gasteiger partial charge in [-0.2, -0.15) is 0 Å². The Morgan fingerprint density at radius 1 is 0.833 bits per heavy atom. The van der Waals surface area contributed by atoms with E-state index in [0.717, 1.165) is 56.9 Å². The summed E-state index contributed by atoms with van der Waals surface area (Å²) in [7, 11) is 0. The van der Waals surface area contributed by atoms with E-state index in [9.17, 15) is 4.39 Å². The monoisotopic (exact) mass is 571 g/mol. The van der Waals surface area contributed by atoms with Crippen LogP contribution in [0.25, 0.3) is 11.1 Å². The molecule has 0 aliphatic carbocycles. The number of halogens is 1. The van der Waals surface area contributed by atoms with E-state index < -0.39 is 0 Å². The van der Waals surface area contributed by atoms with Gasteiger partial charge in [0.2, 0.25) is 0 Å². The Kier molecular flexibility index (Phi) is 9.27. The quantitative estimate of drug-likeness (QED) is 0.257. The molecule has 42 heavy (non-hydrogen) atoms. The lowest BCUT2D eigenvalue weighted by atomic mass is 9.81. The summed E-state index contributed by atoms with van der Waals surface area (Å²) >= 11 is 0. The molecule has 5 rings (SSSR count). The van der Waals surface area contributed by atoms with Gasteiger partial charge in [-0.3, -0.25) is 9.88 Å². The first-order chi connectivity index (χ1) is 20.0. The summed E-state index contributed by atoms with van der Waals surface area (Å²) in [6.45, 7) is 19.9. The summed E-state index contributed by atoms with van der Waals surface area (Å²) in [4.78, 5) is 10.6. The zero-order valence-electron chi connectivity index (χ0n) is 26.7. The molecule has 0 saturated carbocycles. The number of anilines is 1. The molecule has 0 atom stereocenters. The second kappa shape index (κ2) is 12.8. The van der Waals surface area contributed by atoms with E-state index in [1.807, 2.05) is 12.1 Å². The molecule has 2 aromatic carbocycles. The van der Waals surface area contributed by atoms with Crippen molar-refractivity contribution in [3.63, 3.8) is 0 Å². The molecule has 2 aliphatic rings. The van der Waals surface area contributed by atoms with Crippen molar-refractivity contribution in [1.29, 1.82) is 0 Å². The van der Waals surface area contributed by atoms with Gasteiger partial charge in [-0.25, -0.2) is 4.39 Å². The molecule has 0 radical (unpaired) electrons. The van der Waals surface area contributed by atoms with Crippen molar-refractivity contribution in [3.05, 3.63) is 76.9 Å². The molecular weight excluding hydrogens is 521 g/mol. The van der Waals surface area contributed by atoms with Crippen LogP contribution in [0.1, 0.15) is 82.8 Å². The SMILES string of the molecule is CCc1c(C)nc(CN2CCC(C)(C)CC2)c(-c2ccc(OCCc3ccc(F)cc3)cc2)c1N1CCC(C)(C)CC1. The van der Waals surface area contributed by atoms with Gasteiger partial charge in [0.25, 0.3) is 0 Å². The summed E-state index contributed by atoms with van der Waals surface area (Å²) in [5, 5.41) is 0. The zero-order valence-corrected chi connectivity index (χ0v) is 26.7. The number of nitrogens with zero attached hydrogens (tertiary/aromatic N) is 3. The molecule has 1 aromatic heterocycles. The Morgan fingerprint density at radius 3 is 2.02 bits per heavy atom. The van der Waals surface area contributed by atoms with Crippen LogP contribution in [-0.4, -0.2) is 42.7 Å². The van der Waals surface area contributed by atoms with Gasteiger partial charge in [0.15, 0.2) is 0 Å². The lowest BCUT2D eigenvalue weighted by Gasteiger charge is -2.41. The number of rotatable bonds is 9. The van der Waals surface area contributed by atoms with Gasteiger partial charge in [-0.05, 0) is 104 Å². The van der Waals surface area contributed by atoms with E-state index in [0.29, 0.717) is 17.4 Å². The summed E-state index contributed by atoms with van der Waals surface area (Å²) < 4.78 is 19.4. The third-order valence-corrected chi connectivity index (χ3v) is 9.64. The molecule has 3 aromatic rings. The number of likely N-dealkylation sites (tertiary alicyclic amines) is 1. The summed E-state index contributed by atoms with van der Waals surface area (Å²) in [5.41, 5.74) is 9.57. The van der Waals surface area contributed by atoms with Gasteiger partial charge >= 0.3 is 0 Å². The van der Waals surface area contributed by atoms with Crippen molar-refractivity contribution >= 4 is 5.69 Å². The van der Waals surface area contributed by atoms with E-state index in [1.54, 1.807) is 0 Å². The van der Waals surface area contributed by atoms with Crippen LogP contribution in [0.2, 0.25) is 0 Å². The maximum Gasteiger partial charge on any atom is 0.123 e. The number of aryl methyl sites for hydroxylation is 1. The number of benzene rings is 2. The molecule has 0 unspecified atom stereocenters. The maximum absolute atomic E-state index is 13.3. The highest BCUT2D eigenvalue weighted by atomic mass is 19.1. The number of piperidine rings is 2. The van der Waals surface area contributed by atoms with Crippen molar-refractivity contribution in [1.82, 2.24) is 9.88 Å². The lowest BCUT2D eigenvalue weighted by molar-refractivity contribution is 0.126. The number of hydrogen-bond donors (Lipinski definition) is 0. The first-order valence-corrected chi connectivity index (χ1v) is 16.0. The maximum atomic E-state index is 13.3. The van der Waals surface area contributed by atoms with Crippen molar-refractivity contribution in [2.24, 2.45) is 10.8 Å². The van der Waals surface area contributed by atoms with Gasteiger partial charge in [-0.1, -0.05) is 58.9 Å². The first-order valence-electron chi connectivity index (χ1n) is 16.0. The third kappa shape index (κ3) is 7.34. The molecular formula is C37H50FN3O. The van der Waals surface area contributed by atoms with Gasteiger partial charge in [0, 0.05) is 37.3 Å². The van der Waals surface area contributed by atoms with E-state index in [2.05, 4.69) is 75.6 Å². The Balaban J connectivity index is 1.45. The van der Waals surface area contributed by atoms with Gasteiger partial charge in [-0.15, -0.1) is 0 Å². The summed E-state index contributed by atoms with van der Waals surface area (Å²) in [6.07, 6.45) is 6.58. The van der Waals surface area contributed by atoms with Crippen molar-refractivity contribution < 1.29 is 9.13 Å². The van der Waals surface area contributed by atoms with E-state index in [-0.39, 0.29) is 5.82 Å². The lowest BCUT2D eigenvalue weighted by Crippen LogP contribution is -2.39. The van der Waals surface area contributed by atoms with Crippen LogP contribution >= 0.6 is 0 Å². The van der Waals surface area contributed by atoms with E-state index >= 15 is 0 Å². The predicted octanol–water partition coefficient (Wildman–Crippen LogP) is 8.63. The molecule has 0 N–H and O–H groups in total. The zero-order chi connectivity index (χ0) is 29.9.